The second-order valence-corrected chi connectivity index (χ2v) is 8.46. The van der Waals surface area contributed by atoms with Crippen LogP contribution in [0.2, 0.25) is 5.02 Å². The molecule has 2 aromatic carbocycles. The van der Waals surface area contributed by atoms with E-state index in [1.165, 1.54) is 27.4 Å². The Labute approximate surface area is 171 Å². The Hall–Kier alpha value is -2.09. The van der Waals surface area contributed by atoms with Gasteiger partial charge in [-0.25, -0.2) is 8.42 Å². The number of ether oxygens (including phenoxy) is 1. The van der Waals surface area contributed by atoms with Gasteiger partial charge in [-0.05, 0) is 30.3 Å². The van der Waals surface area contributed by atoms with E-state index in [0.29, 0.717) is 32.0 Å². The molecule has 0 aromatic heterocycles. The zero-order valence-corrected chi connectivity index (χ0v) is 17.8. The second kappa shape index (κ2) is 9.91. The van der Waals surface area contributed by atoms with Crippen molar-refractivity contribution in [2.45, 2.75) is 18.7 Å². The van der Waals surface area contributed by atoms with Gasteiger partial charge in [0.1, 0.15) is 12.4 Å². The summed E-state index contributed by atoms with van der Waals surface area (Å²) in [6.45, 7) is 4.87. The number of amides is 1. The van der Waals surface area contributed by atoms with Crippen LogP contribution in [0.3, 0.4) is 0 Å². The Balaban J connectivity index is 2.13. The SMILES string of the molecule is CCN(CC)S(=O)(=O)c1ccc(Cl)c(C(=O)N(C)CCOc2ccccc2)c1. The third-order valence-corrected chi connectivity index (χ3v) is 6.67. The number of benzene rings is 2. The summed E-state index contributed by atoms with van der Waals surface area (Å²) in [5.41, 5.74) is 0.150. The molecule has 1 amide bonds. The molecule has 0 atom stereocenters. The summed E-state index contributed by atoms with van der Waals surface area (Å²) in [6.07, 6.45) is 0. The lowest BCUT2D eigenvalue weighted by Gasteiger charge is -2.21. The molecule has 0 saturated heterocycles. The molecule has 0 spiro atoms. The Morgan fingerprint density at radius 1 is 1.07 bits per heavy atom. The molecule has 0 N–H and O–H groups in total. The number of halogens is 1. The van der Waals surface area contributed by atoms with Crippen LogP contribution in [-0.2, 0) is 10.0 Å². The molecular weight excluding hydrogens is 400 g/mol. The van der Waals surface area contributed by atoms with E-state index in [9.17, 15) is 13.2 Å². The summed E-state index contributed by atoms with van der Waals surface area (Å²) in [6, 6.07) is 13.5. The van der Waals surface area contributed by atoms with Gasteiger partial charge in [-0.15, -0.1) is 0 Å². The summed E-state index contributed by atoms with van der Waals surface area (Å²) in [7, 11) is -2.05. The third-order valence-electron chi connectivity index (χ3n) is 4.30. The van der Waals surface area contributed by atoms with E-state index < -0.39 is 10.0 Å². The maximum Gasteiger partial charge on any atom is 0.255 e. The van der Waals surface area contributed by atoms with E-state index in [-0.39, 0.29) is 21.4 Å². The fraction of sp³-hybridized carbons (Fsp3) is 0.350. The van der Waals surface area contributed by atoms with Crippen molar-refractivity contribution >= 4 is 27.5 Å². The molecule has 2 rings (SSSR count). The lowest BCUT2D eigenvalue weighted by atomic mass is 10.2. The first kappa shape index (κ1) is 22.2. The maximum atomic E-state index is 12.8. The van der Waals surface area contributed by atoms with Gasteiger partial charge < -0.3 is 9.64 Å². The van der Waals surface area contributed by atoms with E-state index in [1.54, 1.807) is 20.9 Å². The topological polar surface area (TPSA) is 66.9 Å². The Bertz CT molecular complexity index is 900. The van der Waals surface area contributed by atoms with E-state index >= 15 is 0 Å². The van der Waals surface area contributed by atoms with Crippen molar-refractivity contribution in [1.29, 1.82) is 0 Å². The molecule has 0 aliphatic rings. The van der Waals surface area contributed by atoms with Crippen LogP contribution >= 0.6 is 11.6 Å². The van der Waals surface area contributed by atoms with Gasteiger partial charge in [0.25, 0.3) is 5.91 Å². The minimum Gasteiger partial charge on any atom is -0.492 e. The number of likely N-dealkylation sites (N-methyl/N-ethyl adjacent to an activating group) is 1. The molecular formula is C20H25ClN2O4S. The monoisotopic (exact) mass is 424 g/mol. The zero-order chi connectivity index (χ0) is 20.7. The van der Waals surface area contributed by atoms with Crippen LogP contribution in [0.1, 0.15) is 24.2 Å². The first-order chi connectivity index (χ1) is 13.3. The molecule has 0 bridgehead atoms. The highest BCUT2D eigenvalue weighted by Gasteiger charge is 2.24. The number of para-hydroxylation sites is 1. The predicted molar refractivity (Wildman–Crippen MR) is 110 cm³/mol. The van der Waals surface area contributed by atoms with Gasteiger partial charge in [0.05, 0.1) is 22.0 Å². The number of hydrogen-bond acceptors (Lipinski definition) is 4. The molecule has 152 valence electrons. The summed E-state index contributed by atoms with van der Waals surface area (Å²) in [5, 5.41) is 0.208. The Morgan fingerprint density at radius 3 is 2.32 bits per heavy atom. The first-order valence-corrected chi connectivity index (χ1v) is 10.9. The van der Waals surface area contributed by atoms with Crippen LogP contribution in [0.25, 0.3) is 0 Å². The van der Waals surface area contributed by atoms with E-state index in [1.807, 2.05) is 30.3 Å². The molecule has 0 radical (unpaired) electrons. The number of nitrogens with zero attached hydrogens (tertiary/aromatic N) is 2. The van der Waals surface area contributed by atoms with Crippen molar-refractivity contribution in [2.75, 3.05) is 33.3 Å². The number of sulfonamides is 1. The molecule has 8 heteroatoms. The number of rotatable bonds is 9. The summed E-state index contributed by atoms with van der Waals surface area (Å²) in [5.74, 6) is 0.354. The number of carbonyl (C=O) groups excluding carboxylic acids is 1. The van der Waals surface area contributed by atoms with Gasteiger partial charge in [-0.2, -0.15) is 4.31 Å². The van der Waals surface area contributed by atoms with Crippen LogP contribution in [0, 0.1) is 0 Å². The molecule has 0 unspecified atom stereocenters. The first-order valence-electron chi connectivity index (χ1n) is 9.04. The molecule has 2 aromatic rings. The van der Waals surface area contributed by atoms with Crippen molar-refractivity contribution in [3.05, 3.63) is 59.1 Å². The standard InChI is InChI=1S/C20H25ClN2O4S/c1-4-23(5-2)28(25,26)17-11-12-19(21)18(15-17)20(24)22(3)13-14-27-16-9-7-6-8-10-16/h6-12,15H,4-5,13-14H2,1-3H3. The van der Waals surface area contributed by atoms with Crippen LogP contribution in [-0.4, -0.2) is 56.8 Å². The highest BCUT2D eigenvalue weighted by molar-refractivity contribution is 7.89. The molecule has 0 aliphatic heterocycles. The highest BCUT2D eigenvalue weighted by atomic mass is 35.5. The minimum absolute atomic E-state index is 0.0536. The van der Waals surface area contributed by atoms with E-state index in [2.05, 4.69) is 0 Å². The average molecular weight is 425 g/mol. The second-order valence-electron chi connectivity index (χ2n) is 6.12. The fourth-order valence-electron chi connectivity index (χ4n) is 2.67. The van der Waals surface area contributed by atoms with Gasteiger partial charge in [0.15, 0.2) is 0 Å². The smallest absolute Gasteiger partial charge is 0.255 e. The predicted octanol–water partition coefficient (Wildman–Crippen LogP) is 3.52. The van der Waals surface area contributed by atoms with Gasteiger partial charge in [-0.3, -0.25) is 4.79 Å². The minimum atomic E-state index is -3.67. The van der Waals surface area contributed by atoms with Gasteiger partial charge in [0.2, 0.25) is 10.0 Å². The molecule has 0 saturated carbocycles. The largest absolute Gasteiger partial charge is 0.492 e. The normalized spacial score (nSPS) is 11.5. The van der Waals surface area contributed by atoms with Crippen LogP contribution in [0.15, 0.2) is 53.4 Å². The highest BCUT2D eigenvalue weighted by Crippen LogP contribution is 2.24. The molecule has 0 aliphatic carbocycles. The fourth-order valence-corrected chi connectivity index (χ4v) is 4.35. The van der Waals surface area contributed by atoms with E-state index in [0.717, 1.165) is 0 Å². The van der Waals surface area contributed by atoms with Crippen LogP contribution in [0.4, 0.5) is 0 Å². The number of hydrogen-bond donors (Lipinski definition) is 0. The van der Waals surface area contributed by atoms with E-state index in [4.69, 9.17) is 16.3 Å². The van der Waals surface area contributed by atoms with Crippen molar-refractivity contribution < 1.29 is 17.9 Å². The van der Waals surface area contributed by atoms with Crippen LogP contribution < -0.4 is 4.74 Å². The van der Waals surface area contributed by atoms with Crippen molar-refractivity contribution in [3.8, 4) is 5.75 Å². The summed E-state index contributed by atoms with van der Waals surface area (Å²) in [4.78, 5) is 14.3. The average Bonchev–Trinajstić information content (AvgIpc) is 2.69. The lowest BCUT2D eigenvalue weighted by Crippen LogP contribution is -2.32. The van der Waals surface area contributed by atoms with Crippen LogP contribution in [0.5, 0.6) is 5.75 Å². The number of carbonyl (C=O) groups is 1. The molecule has 0 heterocycles. The summed E-state index contributed by atoms with van der Waals surface area (Å²) < 4.78 is 32.4. The molecule has 6 nitrogen and oxygen atoms in total. The van der Waals surface area contributed by atoms with Crippen molar-refractivity contribution in [2.24, 2.45) is 0 Å². The molecule has 28 heavy (non-hydrogen) atoms. The van der Waals surface area contributed by atoms with Gasteiger partial charge in [-0.1, -0.05) is 43.6 Å². The van der Waals surface area contributed by atoms with Crippen molar-refractivity contribution in [1.82, 2.24) is 9.21 Å². The summed E-state index contributed by atoms with van der Waals surface area (Å²) >= 11 is 6.18. The van der Waals surface area contributed by atoms with Crippen molar-refractivity contribution in [3.63, 3.8) is 0 Å². The quantitative estimate of drug-likeness (QED) is 0.617. The Morgan fingerprint density at radius 2 is 1.71 bits per heavy atom. The third kappa shape index (κ3) is 5.25. The van der Waals surface area contributed by atoms with Gasteiger partial charge >= 0.3 is 0 Å². The maximum absolute atomic E-state index is 12.8. The molecule has 0 fully saturated rings. The van der Waals surface area contributed by atoms with Gasteiger partial charge in [0, 0.05) is 20.1 Å². The zero-order valence-electron chi connectivity index (χ0n) is 16.3. The lowest BCUT2D eigenvalue weighted by molar-refractivity contribution is 0.0773. The Kier molecular flexibility index (Phi) is 7.86.